The van der Waals surface area contributed by atoms with Crippen LogP contribution in [0.5, 0.6) is 0 Å². The molecule has 0 aromatic rings. The largest absolute Gasteiger partial charge is 0.329 e. The highest BCUT2D eigenvalue weighted by Gasteiger charge is 2.18. The van der Waals surface area contributed by atoms with E-state index in [2.05, 4.69) is 6.92 Å². The number of halogens is 1. The first-order valence-corrected chi connectivity index (χ1v) is 4.02. The fourth-order valence-corrected chi connectivity index (χ4v) is 1.50. The van der Waals surface area contributed by atoms with Crippen LogP contribution in [0.1, 0.15) is 19.8 Å². The lowest BCUT2D eigenvalue weighted by Gasteiger charge is -2.28. The molecule has 10 heavy (non-hydrogen) atoms. The minimum Gasteiger partial charge on any atom is -0.329 e. The molecular formula is C7H12ClNO. The molecule has 1 aliphatic heterocycles. The van der Waals surface area contributed by atoms with Gasteiger partial charge in [-0.3, -0.25) is 4.79 Å². The van der Waals surface area contributed by atoms with Crippen molar-refractivity contribution < 1.29 is 4.79 Å². The van der Waals surface area contributed by atoms with Gasteiger partial charge in [0.1, 0.15) is 0 Å². The second-order valence-electron chi connectivity index (χ2n) is 2.95. The normalized spacial score (nSPS) is 26.6. The highest BCUT2D eigenvalue weighted by Crippen LogP contribution is 2.16. The molecule has 3 heteroatoms. The first-order valence-electron chi connectivity index (χ1n) is 3.64. The number of carbonyl (C=O) groups excluding carboxylic acids is 1. The Labute approximate surface area is 66.1 Å². The van der Waals surface area contributed by atoms with Crippen molar-refractivity contribution in [2.45, 2.75) is 19.8 Å². The average Bonchev–Trinajstić information content (AvgIpc) is 1.88. The maximum absolute atomic E-state index is 10.6. The van der Waals surface area contributed by atoms with Crippen LogP contribution in [0.2, 0.25) is 0 Å². The summed E-state index contributed by atoms with van der Waals surface area (Å²) in [5, 5.41) is -0.299. The van der Waals surface area contributed by atoms with Crippen LogP contribution in [-0.4, -0.2) is 23.4 Å². The zero-order valence-corrected chi connectivity index (χ0v) is 6.90. The number of rotatable bonds is 0. The van der Waals surface area contributed by atoms with Crippen molar-refractivity contribution in [3.05, 3.63) is 0 Å². The Morgan fingerprint density at radius 2 is 2.40 bits per heavy atom. The van der Waals surface area contributed by atoms with Crippen LogP contribution in [0.25, 0.3) is 0 Å². The van der Waals surface area contributed by atoms with Crippen LogP contribution in [0.3, 0.4) is 0 Å². The minimum absolute atomic E-state index is 0.299. The van der Waals surface area contributed by atoms with Crippen molar-refractivity contribution in [3.8, 4) is 0 Å². The fourth-order valence-electron chi connectivity index (χ4n) is 1.35. The molecule has 1 heterocycles. The van der Waals surface area contributed by atoms with E-state index in [0.29, 0.717) is 5.92 Å². The third-order valence-corrected chi connectivity index (χ3v) is 2.14. The predicted octanol–water partition coefficient (Wildman–Crippen LogP) is 2.08. The van der Waals surface area contributed by atoms with E-state index in [0.717, 1.165) is 19.5 Å². The molecule has 0 aliphatic carbocycles. The Morgan fingerprint density at radius 3 is 2.80 bits per heavy atom. The lowest BCUT2D eigenvalue weighted by molar-refractivity contribution is 0.191. The molecule has 0 bridgehead atoms. The highest BCUT2D eigenvalue weighted by molar-refractivity contribution is 6.62. The van der Waals surface area contributed by atoms with E-state index in [-0.39, 0.29) is 5.37 Å². The average molecular weight is 162 g/mol. The molecule has 1 saturated heterocycles. The number of hydrogen-bond acceptors (Lipinski definition) is 1. The summed E-state index contributed by atoms with van der Waals surface area (Å²) in [5.41, 5.74) is 0. The van der Waals surface area contributed by atoms with Crippen molar-refractivity contribution in [1.29, 1.82) is 0 Å². The highest BCUT2D eigenvalue weighted by atomic mass is 35.5. The molecule has 0 radical (unpaired) electrons. The second kappa shape index (κ2) is 3.24. The van der Waals surface area contributed by atoms with Gasteiger partial charge in [-0.2, -0.15) is 0 Å². The molecule has 1 amide bonds. The molecule has 58 valence electrons. The van der Waals surface area contributed by atoms with E-state index in [9.17, 15) is 4.79 Å². The van der Waals surface area contributed by atoms with Gasteiger partial charge in [-0.25, -0.2) is 0 Å². The van der Waals surface area contributed by atoms with Crippen molar-refractivity contribution in [2.24, 2.45) is 5.92 Å². The molecule has 1 fully saturated rings. The molecule has 0 aromatic carbocycles. The molecule has 0 saturated carbocycles. The summed E-state index contributed by atoms with van der Waals surface area (Å²) in [6.07, 6.45) is 2.32. The van der Waals surface area contributed by atoms with E-state index >= 15 is 0 Å². The maximum atomic E-state index is 10.6. The van der Waals surface area contributed by atoms with E-state index in [1.165, 1.54) is 6.42 Å². The van der Waals surface area contributed by atoms with Crippen LogP contribution in [-0.2, 0) is 0 Å². The van der Waals surface area contributed by atoms with E-state index in [1.807, 2.05) is 0 Å². The third kappa shape index (κ3) is 1.87. The Morgan fingerprint density at radius 1 is 1.70 bits per heavy atom. The first kappa shape index (κ1) is 7.86. The molecule has 0 N–H and O–H groups in total. The third-order valence-electron chi connectivity index (χ3n) is 1.91. The smallest absolute Gasteiger partial charge is 0.316 e. The van der Waals surface area contributed by atoms with Crippen LogP contribution < -0.4 is 0 Å². The van der Waals surface area contributed by atoms with Gasteiger partial charge in [-0.15, -0.1) is 0 Å². The SMILES string of the molecule is C[C@H]1CCCN(C(=O)Cl)C1. The van der Waals surface area contributed by atoms with Crippen LogP contribution in [0.4, 0.5) is 4.79 Å². The van der Waals surface area contributed by atoms with Gasteiger partial charge < -0.3 is 4.90 Å². The molecule has 1 rings (SSSR count). The minimum atomic E-state index is -0.299. The molecule has 0 spiro atoms. The Hall–Kier alpha value is -0.240. The lowest BCUT2D eigenvalue weighted by atomic mass is 10.0. The molecule has 0 unspecified atom stereocenters. The van der Waals surface area contributed by atoms with Crippen LogP contribution in [0, 0.1) is 5.92 Å². The first-order chi connectivity index (χ1) is 4.70. The second-order valence-corrected chi connectivity index (χ2v) is 3.27. The van der Waals surface area contributed by atoms with Gasteiger partial charge in [-0.05, 0) is 30.4 Å². The van der Waals surface area contributed by atoms with Gasteiger partial charge in [0.2, 0.25) is 0 Å². The van der Waals surface area contributed by atoms with Crippen LogP contribution >= 0.6 is 11.6 Å². The number of hydrogen-bond donors (Lipinski definition) is 0. The van der Waals surface area contributed by atoms with Gasteiger partial charge in [0.05, 0.1) is 0 Å². The van der Waals surface area contributed by atoms with Gasteiger partial charge in [0.25, 0.3) is 0 Å². The standard InChI is InChI=1S/C7H12ClNO/c1-6-3-2-4-9(5-6)7(8)10/h6H,2-5H2,1H3/t6-/m0/s1. The van der Waals surface area contributed by atoms with Gasteiger partial charge in [-0.1, -0.05) is 6.92 Å². The molecule has 0 aromatic heterocycles. The van der Waals surface area contributed by atoms with E-state index in [1.54, 1.807) is 4.90 Å². The number of piperidine rings is 1. The van der Waals surface area contributed by atoms with Gasteiger partial charge in [0, 0.05) is 13.1 Å². The number of nitrogens with zero attached hydrogens (tertiary/aromatic N) is 1. The topological polar surface area (TPSA) is 20.3 Å². The fraction of sp³-hybridized carbons (Fsp3) is 0.857. The summed E-state index contributed by atoms with van der Waals surface area (Å²) in [7, 11) is 0. The van der Waals surface area contributed by atoms with Crippen molar-refractivity contribution in [1.82, 2.24) is 4.90 Å². The summed E-state index contributed by atoms with van der Waals surface area (Å²) in [6.45, 7) is 3.82. The van der Waals surface area contributed by atoms with Crippen molar-refractivity contribution >= 4 is 17.0 Å². The van der Waals surface area contributed by atoms with Crippen LogP contribution in [0.15, 0.2) is 0 Å². The Balaban J connectivity index is 2.39. The summed E-state index contributed by atoms with van der Waals surface area (Å²) < 4.78 is 0. The van der Waals surface area contributed by atoms with Crippen molar-refractivity contribution in [2.75, 3.05) is 13.1 Å². The monoisotopic (exact) mass is 161 g/mol. The number of carbonyl (C=O) groups is 1. The number of likely N-dealkylation sites (tertiary alicyclic amines) is 1. The predicted molar refractivity (Wildman–Crippen MR) is 41.2 cm³/mol. The maximum Gasteiger partial charge on any atom is 0.316 e. The van der Waals surface area contributed by atoms with Gasteiger partial charge in [0.15, 0.2) is 0 Å². The Bertz CT molecular complexity index is 138. The Kier molecular flexibility index (Phi) is 2.55. The zero-order chi connectivity index (χ0) is 7.56. The van der Waals surface area contributed by atoms with E-state index < -0.39 is 0 Å². The molecular weight excluding hydrogens is 150 g/mol. The molecule has 1 aliphatic rings. The quantitative estimate of drug-likeness (QED) is 0.394. The molecule has 1 atom stereocenters. The lowest BCUT2D eigenvalue weighted by Crippen LogP contribution is -2.35. The molecule has 2 nitrogen and oxygen atoms in total. The summed E-state index contributed by atoms with van der Waals surface area (Å²) in [6, 6.07) is 0. The zero-order valence-electron chi connectivity index (χ0n) is 6.14. The summed E-state index contributed by atoms with van der Waals surface area (Å²) in [5.74, 6) is 0.622. The number of amides is 1. The van der Waals surface area contributed by atoms with E-state index in [4.69, 9.17) is 11.6 Å². The summed E-state index contributed by atoms with van der Waals surface area (Å²) >= 11 is 5.31. The van der Waals surface area contributed by atoms with Gasteiger partial charge >= 0.3 is 5.37 Å². The van der Waals surface area contributed by atoms with Crippen molar-refractivity contribution in [3.63, 3.8) is 0 Å². The summed E-state index contributed by atoms with van der Waals surface area (Å²) in [4.78, 5) is 12.3.